The van der Waals surface area contributed by atoms with Crippen LogP contribution in [0.4, 0.5) is 0 Å². The molecule has 0 radical (unpaired) electrons. The van der Waals surface area contributed by atoms with Gasteiger partial charge in [-0.15, -0.1) is 0 Å². The first kappa shape index (κ1) is 7.97. The lowest BCUT2D eigenvalue weighted by atomic mass is 9.45. The predicted octanol–water partition coefficient (Wildman–Crippen LogP) is 3.13. The van der Waals surface area contributed by atoms with E-state index in [9.17, 15) is 0 Å². The molecule has 0 heterocycles. The minimum atomic E-state index is 0.332. The van der Waals surface area contributed by atoms with Crippen LogP contribution in [0, 0.1) is 17.3 Å². The molecule has 11 heavy (non-hydrogen) atoms. The van der Waals surface area contributed by atoms with Crippen LogP contribution in [-0.4, -0.2) is 4.75 Å². The van der Waals surface area contributed by atoms with E-state index in [-0.39, 0.29) is 0 Å². The van der Waals surface area contributed by atoms with E-state index >= 15 is 0 Å². The van der Waals surface area contributed by atoms with Crippen molar-refractivity contribution in [1.29, 1.82) is 0 Å². The lowest BCUT2D eigenvalue weighted by Gasteiger charge is -2.63. The van der Waals surface area contributed by atoms with E-state index < -0.39 is 0 Å². The number of hydrogen-bond donors (Lipinski definition) is 1. The van der Waals surface area contributed by atoms with Crippen molar-refractivity contribution in [1.82, 2.24) is 0 Å². The average molecular weight is 170 g/mol. The van der Waals surface area contributed by atoms with Crippen LogP contribution in [0.25, 0.3) is 0 Å². The number of thiol groups is 1. The predicted molar refractivity (Wildman–Crippen MR) is 52.0 cm³/mol. The minimum absolute atomic E-state index is 0.332. The topological polar surface area (TPSA) is 0 Å². The maximum atomic E-state index is 4.76. The molecule has 1 heteroatoms. The summed E-state index contributed by atoms with van der Waals surface area (Å²) in [5, 5.41) is 0. The molecule has 0 N–H and O–H groups in total. The monoisotopic (exact) mass is 170 g/mol. The number of fused-ring (bicyclic) bond motifs is 2. The maximum absolute atomic E-state index is 4.76. The summed E-state index contributed by atoms with van der Waals surface area (Å²) < 4.78 is 0.332. The smallest absolute Gasteiger partial charge is 0.0135 e. The van der Waals surface area contributed by atoms with E-state index in [2.05, 4.69) is 20.8 Å². The van der Waals surface area contributed by atoms with E-state index in [4.69, 9.17) is 12.6 Å². The van der Waals surface area contributed by atoms with Gasteiger partial charge in [0.25, 0.3) is 0 Å². The van der Waals surface area contributed by atoms with Gasteiger partial charge in [-0.25, -0.2) is 0 Å². The highest BCUT2D eigenvalue weighted by molar-refractivity contribution is 7.81. The van der Waals surface area contributed by atoms with Crippen molar-refractivity contribution in [3.8, 4) is 0 Å². The summed E-state index contributed by atoms with van der Waals surface area (Å²) in [5.41, 5.74) is 0.592. The van der Waals surface area contributed by atoms with Crippen LogP contribution in [0.1, 0.15) is 40.0 Å². The Morgan fingerprint density at radius 2 is 1.91 bits per heavy atom. The second-order valence-electron chi connectivity index (χ2n) is 5.20. The van der Waals surface area contributed by atoms with Gasteiger partial charge in [0.15, 0.2) is 0 Å². The molecule has 3 aliphatic rings. The zero-order chi connectivity index (χ0) is 8.28. The fraction of sp³-hybridized carbons (Fsp3) is 1.00. The SMILES string of the molecule is CC1(C)[C@H]2CC[C@@](C)(S)[C@H]1C2. The lowest BCUT2D eigenvalue weighted by molar-refractivity contribution is -0.0845. The first-order valence-electron chi connectivity index (χ1n) is 4.67. The Kier molecular flexibility index (Phi) is 1.44. The Morgan fingerprint density at radius 1 is 1.27 bits per heavy atom. The summed E-state index contributed by atoms with van der Waals surface area (Å²) in [6, 6.07) is 0. The fourth-order valence-electron chi connectivity index (χ4n) is 3.20. The van der Waals surface area contributed by atoms with Gasteiger partial charge < -0.3 is 0 Å². The molecule has 0 aromatic rings. The molecule has 0 nitrogen and oxygen atoms in total. The highest BCUT2D eigenvalue weighted by Gasteiger charge is 2.57. The van der Waals surface area contributed by atoms with Crippen molar-refractivity contribution in [3.05, 3.63) is 0 Å². The van der Waals surface area contributed by atoms with Crippen molar-refractivity contribution in [2.24, 2.45) is 17.3 Å². The standard InChI is InChI=1S/C10H18S/c1-9(2)7-4-5-10(3,11)8(9)6-7/h7-8,11H,4-6H2,1-3H3/t7-,8-,10+/m0/s1. The fourth-order valence-corrected chi connectivity index (χ4v) is 3.77. The Labute approximate surface area is 75.2 Å². The zero-order valence-corrected chi connectivity index (χ0v) is 8.62. The molecule has 3 saturated carbocycles. The van der Waals surface area contributed by atoms with Gasteiger partial charge in [-0.05, 0) is 36.5 Å². The average Bonchev–Trinajstić information content (AvgIpc) is 1.84. The normalized spacial score (nSPS) is 53.5. The van der Waals surface area contributed by atoms with Crippen LogP contribution in [0.3, 0.4) is 0 Å². The van der Waals surface area contributed by atoms with Crippen LogP contribution in [0.2, 0.25) is 0 Å². The first-order chi connectivity index (χ1) is 4.94. The van der Waals surface area contributed by atoms with Crippen molar-refractivity contribution in [2.75, 3.05) is 0 Å². The molecule has 0 unspecified atom stereocenters. The quantitative estimate of drug-likeness (QED) is 0.531. The van der Waals surface area contributed by atoms with Crippen molar-refractivity contribution in [2.45, 2.75) is 44.8 Å². The molecule has 0 amide bonds. The molecule has 3 fully saturated rings. The van der Waals surface area contributed by atoms with Gasteiger partial charge in [-0.1, -0.05) is 20.8 Å². The summed E-state index contributed by atoms with van der Waals surface area (Å²) in [5.74, 6) is 1.88. The Bertz CT molecular complexity index is 171. The lowest BCUT2D eigenvalue weighted by Crippen LogP contribution is -2.57. The summed E-state index contributed by atoms with van der Waals surface area (Å²) in [4.78, 5) is 0. The van der Waals surface area contributed by atoms with Crippen LogP contribution >= 0.6 is 12.6 Å². The Morgan fingerprint density at radius 3 is 2.18 bits per heavy atom. The van der Waals surface area contributed by atoms with E-state index in [1.54, 1.807) is 0 Å². The van der Waals surface area contributed by atoms with Crippen molar-refractivity contribution in [3.63, 3.8) is 0 Å². The van der Waals surface area contributed by atoms with E-state index in [1.165, 1.54) is 19.3 Å². The highest BCUT2D eigenvalue weighted by Crippen LogP contribution is 2.64. The molecule has 3 atom stereocenters. The molecule has 3 aliphatic carbocycles. The third-order valence-electron chi connectivity index (χ3n) is 4.22. The molecule has 0 aliphatic heterocycles. The maximum Gasteiger partial charge on any atom is 0.0135 e. The third-order valence-corrected chi connectivity index (χ3v) is 4.76. The largest absolute Gasteiger partial charge is 0.172 e. The van der Waals surface area contributed by atoms with Crippen LogP contribution in [0.15, 0.2) is 0 Å². The summed E-state index contributed by atoms with van der Waals surface area (Å²) >= 11 is 4.76. The van der Waals surface area contributed by atoms with Gasteiger partial charge in [0.1, 0.15) is 0 Å². The van der Waals surface area contributed by atoms with E-state index in [1.807, 2.05) is 0 Å². The summed E-state index contributed by atoms with van der Waals surface area (Å²) in [6.45, 7) is 7.15. The van der Waals surface area contributed by atoms with Crippen molar-refractivity contribution < 1.29 is 0 Å². The second-order valence-corrected chi connectivity index (χ2v) is 6.22. The molecule has 3 rings (SSSR count). The van der Waals surface area contributed by atoms with Gasteiger partial charge in [-0.2, -0.15) is 12.6 Å². The zero-order valence-electron chi connectivity index (χ0n) is 7.72. The highest BCUT2D eigenvalue weighted by atomic mass is 32.1. The molecular weight excluding hydrogens is 152 g/mol. The molecule has 0 saturated heterocycles. The Hall–Kier alpha value is 0.350. The van der Waals surface area contributed by atoms with Gasteiger partial charge in [0, 0.05) is 4.75 Å². The van der Waals surface area contributed by atoms with E-state index in [0.29, 0.717) is 10.2 Å². The van der Waals surface area contributed by atoms with Crippen molar-refractivity contribution >= 4 is 12.6 Å². The van der Waals surface area contributed by atoms with Gasteiger partial charge >= 0.3 is 0 Å². The van der Waals surface area contributed by atoms with Gasteiger partial charge in [0.05, 0.1) is 0 Å². The van der Waals surface area contributed by atoms with Gasteiger partial charge in [0.2, 0.25) is 0 Å². The summed E-state index contributed by atoms with van der Waals surface area (Å²) in [7, 11) is 0. The van der Waals surface area contributed by atoms with Gasteiger partial charge in [-0.3, -0.25) is 0 Å². The molecule has 0 spiro atoms. The molecule has 0 aromatic heterocycles. The third kappa shape index (κ3) is 0.898. The van der Waals surface area contributed by atoms with E-state index in [0.717, 1.165) is 11.8 Å². The Balaban J connectivity index is 2.23. The molecular formula is C10H18S. The number of rotatable bonds is 0. The molecule has 64 valence electrons. The van der Waals surface area contributed by atoms with Crippen LogP contribution < -0.4 is 0 Å². The molecule has 2 bridgehead atoms. The molecule has 0 aromatic carbocycles. The number of hydrogen-bond acceptors (Lipinski definition) is 1. The second kappa shape index (κ2) is 1.99. The first-order valence-corrected chi connectivity index (χ1v) is 5.12. The van der Waals surface area contributed by atoms with Crippen LogP contribution in [0.5, 0.6) is 0 Å². The minimum Gasteiger partial charge on any atom is -0.172 e. The summed E-state index contributed by atoms with van der Waals surface area (Å²) in [6.07, 6.45) is 4.17. The van der Waals surface area contributed by atoms with Crippen LogP contribution in [-0.2, 0) is 0 Å².